The highest BCUT2D eigenvalue weighted by molar-refractivity contribution is 8.18. The van der Waals surface area contributed by atoms with Gasteiger partial charge in [-0.05, 0) is 54.2 Å². The molecule has 3 aromatic rings. The number of halogens is 2. The fourth-order valence-corrected chi connectivity index (χ4v) is 4.35. The Morgan fingerprint density at radius 3 is 2.48 bits per heavy atom. The number of carbonyl (C=O) groups excluding carboxylic acids is 3. The number of nitrogens with zero attached hydrogens (tertiary/aromatic N) is 2. The van der Waals surface area contributed by atoms with E-state index in [-0.39, 0.29) is 16.2 Å². The van der Waals surface area contributed by atoms with E-state index in [1.165, 1.54) is 30.3 Å². The molecule has 1 saturated heterocycles. The fraction of sp³-hybridized carbons (Fsp3) is 0.0455. The van der Waals surface area contributed by atoms with Crippen molar-refractivity contribution >= 4 is 63.7 Å². The highest BCUT2D eigenvalue weighted by Gasteiger charge is 2.36. The first kappa shape index (κ1) is 22.8. The number of imide groups is 1. The second-order valence-electron chi connectivity index (χ2n) is 6.82. The van der Waals surface area contributed by atoms with Crippen LogP contribution in [-0.4, -0.2) is 33.3 Å². The van der Waals surface area contributed by atoms with Crippen molar-refractivity contribution in [2.75, 3.05) is 6.54 Å². The third kappa shape index (κ3) is 4.85. The number of rotatable bonds is 6. The van der Waals surface area contributed by atoms with Gasteiger partial charge in [0, 0.05) is 34.4 Å². The van der Waals surface area contributed by atoms with E-state index in [1.807, 2.05) is 0 Å². The van der Waals surface area contributed by atoms with E-state index in [9.17, 15) is 24.5 Å². The van der Waals surface area contributed by atoms with Crippen LogP contribution in [0.5, 0.6) is 0 Å². The van der Waals surface area contributed by atoms with Gasteiger partial charge in [-0.3, -0.25) is 29.4 Å². The molecule has 1 aliphatic rings. The number of hydrogen-bond donors (Lipinski definition) is 0. The van der Waals surface area contributed by atoms with Crippen molar-refractivity contribution in [3.63, 3.8) is 0 Å². The highest BCUT2D eigenvalue weighted by atomic mass is 35.5. The van der Waals surface area contributed by atoms with E-state index in [1.54, 1.807) is 30.3 Å². The third-order valence-electron chi connectivity index (χ3n) is 4.67. The van der Waals surface area contributed by atoms with Gasteiger partial charge in [0.1, 0.15) is 11.5 Å². The van der Waals surface area contributed by atoms with Crippen LogP contribution in [0.15, 0.2) is 63.9 Å². The summed E-state index contributed by atoms with van der Waals surface area (Å²) < 4.78 is 5.73. The summed E-state index contributed by atoms with van der Waals surface area (Å²) >= 11 is 12.8. The number of nitro groups is 1. The zero-order valence-corrected chi connectivity index (χ0v) is 18.8. The topological polar surface area (TPSA) is 111 Å². The van der Waals surface area contributed by atoms with Gasteiger partial charge >= 0.3 is 0 Å². The molecule has 2 heterocycles. The van der Waals surface area contributed by atoms with Crippen LogP contribution in [0.25, 0.3) is 17.4 Å². The molecule has 0 atom stereocenters. The average Bonchev–Trinajstić information content (AvgIpc) is 3.34. The minimum Gasteiger partial charge on any atom is -0.457 e. The maximum absolute atomic E-state index is 12.7. The first-order chi connectivity index (χ1) is 15.7. The molecular weight excluding hydrogens is 491 g/mol. The van der Waals surface area contributed by atoms with E-state index in [2.05, 4.69) is 0 Å². The van der Waals surface area contributed by atoms with E-state index in [4.69, 9.17) is 27.6 Å². The lowest BCUT2D eigenvalue weighted by Gasteiger charge is -2.11. The molecule has 0 unspecified atom stereocenters. The molecule has 2 amide bonds. The van der Waals surface area contributed by atoms with Gasteiger partial charge in [0.15, 0.2) is 5.78 Å². The summed E-state index contributed by atoms with van der Waals surface area (Å²) in [6, 6.07) is 13.2. The predicted octanol–water partition coefficient (Wildman–Crippen LogP) is 6.08. The van der Waals surface area contributed by atoms with Gasteiger partial charge in [-0.25, -0.2) is 0 Å². The van der Waals surface area contributed by atoms with Crippen molar-refractivity contribution in [1.29, 1.82) is 0 Å². The van der Waals surface area contributed by atoms with E-state index >= 15 is 0 Å². The lowest BCUT2D eigenvalue weighted by Crippen LogP contribution is -2.33. The van der Waals surface area contributed by atoms with Crippen molar-refractivity contribution in [2.45, 2.75) is 0 Å². The Balaban J connectivity index is 1.49. The molecule has 0 N–H and O–H groups in total. The van der Waals surface area contributed by atoms with Crippen LogP contribution in [0.4, 0.5) is 10.5 Å². The summed E-state index contributed by atoms with van der Waals surface area (Å²) in [6.45, 7) is -0.483. The first-order valence-corrected chi connectivity index (χ1v) is 10.9. The Bertz CT molecular complexity index is 1330. The highest BCUT2D eigenvalue weighted by Crippen LogP contribution is 2.35. The second kappa shape index (κ2) is 9.22. The molecule has 0 saturated carbocycles. The molecule has 0 bridgehead atoms. The minimum absolute atomic E-state index is 0.0969. The SMILES string of the molecule is O=C(CN1C(=O)S/C(=C/c2ccc(-c3ccc(Cl)cc3Cl)o2)C1=O)c1ccc([N+](=O)[O-])cc1. The second-order valence-corrected chi connectivity index (χ2v) is 8.66. The zero-order valence-electron chi connectivity index (χ0n) is 16.5. The molecule has 1 aromatic heterocycles. The number of Topliss-reactive ketones (excluding diaryl/α,β-unsaturated/α-hetero) is 1. The van der Waals surface area contributed by atoms with Crippen molar-refractivity contribution in [2.24, 2.45) is 0 Å². The Kier molecular flexibility index (Phi) is 6.37. The molecular formula is C22H12Cl2N2O6S. The van der Waals surface area contributed by atoms with Crippen molar-refractivity contribution in [3.8, 4) is 11.3 Å². The lowest BCUT2D eigenvalue weighted by molar-refractivity contribution is -0.384. The van der Waals surface area contributed by atoms with Gasteiger partial charge < -0.3 is 4.42 Å². The minimum atomic E-state index is -0.636. The molecule has 11 heteroatoms. The van der Waals surface area contributed by atoms with Crippen LogP contribution >= 0.6 is 35.0 Å². The molecule has 0 radical (unpaired) electrons. The summed E-state index contributed by atoms with van der Waals surface area (Å²) in [5.74, 6) is -0.382. The number of carbonyl (C=O) groups is 3. The molecule has 2 aromatic carbocycles. The molecule has 166 valence electrons. The van der Waals surface area contributed by atoms with Gasteiger partial charge in [0.25, 0.3) is 16.8 Å². The van der Waals surface area contributed by atoms with Crippen LogP contribution < -0.4 is 0 Å². The van der Waals surface area contributed by atoms with Crippen LogP contribution in [0, 0.1) is 10.1 Å². The van der Waals surface area contributed by atoms with Gasteiger partial charge in [-0.15, -0.1) is 0 Å². The van der Waals surface area contributed by atoms with Crippen LogP contribution in [-0.2, 0) is 4.79 Å². The van der Waals surface area contributed by atoms with Crippen LogP contribution in [0.2, 0.25) is 10.0 Å². The largest absolute Gasteiger partial charge is 0.457 e. The lowest BCUT2D eigenvalue weighted by atomic mass is 10.1. The monoisotopic (exact) mass is 502 g/mol. The summed E-state index contributed by atoms with van der Waals surface area (Å²) in [5, 5.41) is 11.0. The number of ketones is 1. The number of non-ortho nitro benzene ring substituents is 1. The summed E-state index contributed by atoms with van der Waals surface area (Å²) in [4.78, 5) is 48.6. The Hall–Kier alpha value is -3.40. The Labute approximate surface area is 200 Å². The molecule has 0 spiro atoms. The Morgan fingerprint density at radius 2 is 1.82 bits per heavy atom. The standard InChI is InChI=1S/C22H12Cl2N2O6S/c23-13-3-7-16(17(24)9-13)19-8-6-15(32-19)10-20-21(28)25(22(29)33-20)11-18(27)12-1-4-14(5-2-12)26(30)31/h1-10H,11H2/b20-10+. The normalized spacial score (nSPS) is 14.8. The molecule has 1 fully saturated rings. The fourth-order valence-electron chi connectivity index (χ4n) is 3.03. The van der Waals surface area contributed by atoms with Crippen LogP contribution in [0.1, 0.15) is 16.1 Å². The van der Waals surface area contributed by atoms with Gasteiger partial charge in [-0.2, -0.15) is 0 Å². The molecule has 4 rings (SSSR count). The molecule has 33 heavy (non-hydrogen) atoms. The molecule has 1 aliphatic heterocycles. The number of amides is 2. The number of furan rings is 1. The molecule has 8 nitrogen and oxygen atoms in total. The van der Waals surface area contributed by atoms with E-state index in [0.717, 1.165) is 4.90 Å². The molecule has 0 aliphatic carbocycles. The van der Waals surface area contributed by atoms with E-state index in [0.29, 0.717) is 38.9 Å². The number of hydrogen-bond acceptors (Lipinski definition) is 7. The summed E-state index contributed by atoms with van der Waals surface area (Å²) in [7, 11) is 0. The average molecular weight is 503 g/mol. The maximum atomic E-state index is 12.7. The van der Waals surface area contributed by atoms with Crippen molar-refractivity contribution in [3.05, 3.63) is 91.0 Å². The third-order valence-corrected chi connectivity index (χ3v) is 6.13. The Morgan fingerprint density at radius 1 is 1.09 bits per heavy atom. The van der Waals surface area contributed by atoms with Gasteiger partial charge in [-0.1, -0.05) is 23.2 Å². The van der Waals surface area contributed by atoms with Gasteiger partial charge in [0.2, 0.25) is 0 Å². The smallest absolute Gasteiger partial charge is 0.293 e. The van der Waals surface area contributed by atoms with Gasteiger partial charge in [0.05, 0.1) is 21.4 Å². The zero-order chi connectivity index (χ0) is 23.7. The van der Waals surface area contributed by atoms with Crippen LogP contribution in [0.3, 0.4) is 0 Å². The maximum Gasteiger partial charge on any atom is 0.293 e. The quantitative estimate of drug-likeness (QED) is 0.173. The number of benzene rings is 2. The number of thioether (sulfide) groups is 1. The predicted molar refractivity (Wildman–Crippen MR) is 124 cm³/mol. The summed E-state index contributed by atoms with van der Waals surface area (Å²) in [6.07, 6.45) is 1.41. The number of nitro benzene ring substituents is 1. The summed E-state index contributed by atoms with van der Waals surface area (Å²) in [5.41, 5.74) is 0.597. The first-order valence-electron chi connectivity index (χ1n) is 9.31. The van der Waals surface area contributed by atoms with Crippen molar-refractivity contribution < 1.29 is 23.7 Å². The van der Waals surface area contributed by atoms with Crippen molar-refractivity contribution in [1.82, 2.24) is 4.90 Å². The van der Waals surface area contributed by atoms with E-state index < -0.39 is 28.4 Å².